The lowest BCUT2D eigenvalue weighted by molar-refractivity contribution is 0.147. The molecule has 0 aliphatic rings. The van der Waals surface area contributed by atoms with E-state index in [-0.39, 0.29) is 6.04 Å². The fourth-order valence-corrected chi connectivity index (χ4v) is 1.84. The minimum atomic E-state index is -0.398. The zero-order chi connectivity index (χ0) is 16.3. The number of nitrogens with one attached hydrogen (secondary N) is 2. The number of carbonyl (C=O) groups excluding carboxylic acids is 1. The van der Waals surface area contributed by atoms with Gasteiger partial charge in [-0.2, -0.15) is 0 Å². The number of guanidine groups is 1. The number of rotatable bonds is 9. The Morgan fingerprint density at radius 3 is 2.43 bits per heavy atom. The molecule has 0 aliphatic heterocycles. The first kappa shape index (κ1) is 19.5. The lowest BCUT2D eigenvalue weighted by Gasteiger charge is -2.19. The second-order valence-electron chi connectivity index (χ2n) is 6.03. The number of hydrogen-bond acceptors (Lipinski definition) is 3. The Kier molecular flexibility index (Phi) is 10.4. The predicted molar refractivity (Wildman–Crippen MR) is 87.3 cm³/mol. The average molecular weight is 300 g/mol. The molecule has 4 N–H and O–H groups in total. The van der Waals surface area contributed by atoms with Crippen LogP contribution in [0.5, 0.6) is 0 Å². The number of nitrogens with zero attached hydrogens (tertiary/aromatic N) is 1. The molecule has 6 heteroatoms. The summed E-state index contributed by atoms with van der Waals surface area (Å²) < 4.78 is 4.91. The highest BCUT2D eigenvalue weighted by molar-refractivity contribution is 5.77. The number of alkyl carbamates (subject to hydrolysis) is 1. The van der Waals surface area contributed by atoms with Crippen LogP contribution in [0.3, 0.4) is 0 Å². The van der Waals surface area contributed by atoms with Gasteiger partial charge in [-0.1, -0.05) is 27.7 Å². The van der Waals surface area contributed by atoms with Gasteiger partial charge in [-0.25, -0.2) is 4.79 Å². The minimum Gasteiger partial charge on any atom is -0.450 e. The van der Waals surface area contributed by atoms with Crippen molar-refractivity contribution in [3.63, 3.8) is 0 Å². The van der Waals surface area contributed by atoms with Crippen molar-refractivity contribution in [2.24, 2.45) is 22.6 Å². The van der Waals surface area contributed by atoms with Gasteiger partial charge in [0.05, 0.1) is 19.2 Å². The van der Waals surface area contributed by atoms with Crippen molar-refractivity contribution in [3.05, 3.63) is 0 Å². The van der Waals surface area contributed by atoms with Crippen molar-refractivity contribution in [2.45, 2.75) is 53.5 Å². The topological polar surface area (TPSA) is 88.7 Å². The Balaban J connectivity index is 4.28. The third kappa shape index (κ3) is 12.0. The van der Waals surface area contributed by atoms with Crippen molar-refractivity contribution in [3.8, 4) is 0 Å². The van der Waals surface area contributed by atoms with Crippen LogP contribution in [0.25, 0.3) is 0 Å². The monoisotopic (exact) mass is 300 g/mol. The van der Waals surface area contributed by atoms with Crippen LogP contribution in [0.1, 0.15) is 47.5 Å². The molecule has 124 valence electrons. The fraction of sp³-hybridized carbons (Fsp3) is 0.867. The van der Waals surface area contributed by atoms with Crippen LogP contribution in [0.4, 0.5) is 4.79 Å². The highest BCUT2D eigenvalue weighted by atomic mass is 16.5. The number of ether oxygens (including phenoxy) is 1. The van der Waals surface area contributed by atoms with E-state index >= 15 is 0 Å². The van der Waals surface area contributed by atoms with Crippen molar-refractivity contribution in [1.29, 1.82) is 0 Å². The van der Waals surface area contributed by atoms with Crippen molar-refractivity contribution in [1.82, 2.24) is 10.6 Å². The van der Waals surface area contributed by atoms with E-state index in [2.05, 4.69) is 43.3 Å². The number of carbonyl (C=O) groups is 1. The standard InChI is InChI=1S/C15H32N4O2/c1-6-21-15(20)19-13(9-12(4)5)10-18-14(16)17-8-7-11(2)3/h11-13H,6-10H2,1-5H3,(H,19,20)(H3,16,17,18). The van der Waals surface area contributed by atoms with E-state index < -0.39 is 6.09 Å². The first-order valence-electron chi connectivity index (χ1n) is 7.82. The van der Waals surface area contributed by atoms with Crippen LogP contribution >= 0.6 is 0 Å². The summed E-state index contributed by atoms with van der Waals surface area (Å²) in [6.45, 7) is 12.0. The van der Waals surface area contributed by atoms with Crippen LogP contribution in [-0.4, -0.2) is 37.8 Å². The van der Waals surface area contributed by atoms with Gasteiger partial charge in [0.2, 0.25) is 0 Å². The highest BCUT2D eigenvalue weighted by Gasteiger charge is 2.14. The molecule has 21 heavy (non-hydrogen) atoms. The quantitative estimate of drug-likeness (QED) is 0.449. The number of hydrogen-bond donors (Lipinski definition) is 3. The molecule has 0 aliphatic carbocycles. The number of nitrogens with two attached hydrogens (primary N) is 1. The number of aliphatic imine (C=N–C) groups is 1. The summed E-state index contributed by atoms with van der Waals surface area (Å²) in [6, 6.07) is -0.0606. The van der Waals surface area contributed by atoms with Gasteiger partial charge < -0.3 is 21.1 Å². The highest BCUT2D eigenvalue weighted by Crippen LogP contribution is 2.05. The summed E-state index contributed by atoms with van der Waals surface area (Å²) in [7, 11) is 0. The molecule has 0 saturated carbocycles. The van der Waals surface area contributed by atoms with Crippen molar-refractivity contribution in [2.75, 3.05) is 19.7 Å². The summed E-state index contributed by atoms with van der Waals surface area (Å²) >= 11 is 0. The molecule has 0 rings (SSSR count). The average Bonchev–Trinajstić information content (AvgIpc) is 2.35. The van der Waals surface area contributed by atoms with Gasteiger partial charge in [0.25, 0.3) is 0 Å². The third-order valence-corrected chi connectivity index (χ3v) is 2.86. The summed E-state index contributed by atoms with van der Waals surface area (Å²) in [5, 5.41) is 5.91. The van der Waals surface area contributed by atoms with Gasteiger partial charge in [-0.05, 0) is 31.6 Å². The van der Waals surface area contributed by atoms with Crippen LogP contribution in [0.15, 0.2) is 4.99 Å². The molecule has 0 saturated heterocycles. The number of amides is 1. The molecule has 1 unspecified atom stereocenters. The molecule has 0 radical (unpaired) electrons. The maximum absolute atomic E-state index is 11.5. The van der Waals surface area contributed by atoms with E-state index in [1.165, 1.54) is 0 Å². The summed E-state index contributed by atoms with van der Waals surface area (Å²) in [5.41, 5.74) is 5.82. The molecule has 0 aromatic carbocycles. The van der Waals surface area contributed by atoms with Gasteiger partial charge in [-0.3, -0.25) is 4.99 Å². The maximum atomic E-state index is 11.5. The van der Waals surface area contributed by atoms with Gasteiger partial charge >= 0.3 is 6.09 Å². The molecule has 0 fully saturated rings. The Morgan fingerprint density at radius 1 is 1.24 bits per heavy atom. The molecule has 1 amide bonds. The van der Waals surface area contributed by atoms with E-state index in [0.717, 1.165) is 19.4 Å². The summed E-state index contributed by atoms with van der Waals surface area (Å²) in [6.07, 6.45) is 1.48. The van der Waals surface area contributed by atoms with Crippen LogP contribution in [-0.2, 0) is 4.74 Å². The molecule has 1 atom stereocenters. The van der Waals surface area contributed by atoms with Crippen LogP contribution < -0.4 is 16.4 Å². The Morgan fingerprint density at radius 2 is 1.90 bits per heavy atom. The second kappa shape index (κ2) is 11.2. The molecule has 0 spiro atoms. The summed E-state index contributed by atoms with van der Waals surface area (Å²) in [4.78, 5) is 15.8. The van der Waals surface area contributed by atoms with E-state index in [1.54, 1.807) is 6.92 Å². The van der Waals surface area contributed by atoms with Gasteiger partial charge in [-0.15, -0.1) is 0 Å². The fourth-order valence-electron chi connectivity index (χ4n) is 1.84. The zero-order valence-corrected chi connectivity index (χ0v) is 14.1. The molecule has 0 bridgehead atoms. The Bertz CT molecular complexity index is 317. The lowest BCUT2D eigenvalue weighted by Crippen LogP contribution is -2.40. The molecule has 0 aromatic heterocycles. The maximum Gasteiger partial charge on any atom is 0.407 e. The molecular formula is C15H32N4O2. The zero-order valence-electron chi connectivity index (χ0n) is 14.1. The lowest BCUT2D eigenvalue weighted by atomic mass is 10.0. The Labute approximate surface area is 128 Å². The molecule has 6 nitrogen and oxygen atoms in total. The van der Waals surface area contributed by atoms with Gasteiger partial charge in [0.1, 0.15) is 0 Å². The second-order valence-corrected chi connectivity index (χ2v) is 6.03. The van der Waals surface area contributed by atoms with E-state index in [1.807, 2.05) is 0 Å². The van der Waals surface area contributed by atoms with Crippen molar-refractivity contribution >= 4 is 12.1 Å². The predicted octanol–water partition coefficient (Wildman–Crippen LogP) is 2.10. The van der Waals surface area contributed by atoms with Crippen molar-refractivity contribution < 1.29 is 9.53 Å². The first-order valence-corrected chi connectivity index (χ1v) is 7.82. The SMILES string of the molecule is CCOC(=O)NC(CN=C(N)NCCC(C)C)CC(C)C. The van der Waals surface area contributed by atoms with E-state index in [0.29, 0.717) is 30.9 Å². The van der Waals surface area contributed by atoms with Crippen LogP contribution in [0.2, 0.25) is 0 Å². The smallest absolute Gasteiger partial charge is 0.407 e. The normalized spacial score (nSPS) is 13.4. The van der Waals surface area contributed by atoms with E-state index in [9.17, 15) is 4.79 Å². The Hall–Kier alpha value is -1.46. The summed E-state index contributed by atoms with van der Waals surface area (Å²) in [5.74, 6) is 1.52. The largest absolute Gasteiger partial charge is 0.450 e. The first-order chi connectivity index (χ1) is 9.85. The van der Waals surface area contributed by atoms with Gasteiger partial charge in [0.15, 0.2) is 5.96 Å². The van der Waals surface area contributed by atoms with Crippen LogP contribution in [0, 0.1) is 11.8 Å². The molecule has 0 heterocycles. The molecule has 0 aromatic rings. The third-order valence-electron chi connectivity index (χ3n) is 2.86. The minimum absolute atomic E-state index is 0.0606. The van der Waals surface area contributed by atoms with E-state index in [4.69, 9.17) is 10.5 Å². The van der Waals surface area contributed by atoms with Gasteiger partial charge in [0, 0.05) is 6.54 Å². The molecular weight excluding hydrogens is 268 g/mol.